The largest absolute Gasteiger partial charge is 0.486 e. The summed E-state index contributed by atoms with van der Waals surface area (Å²) in [4.78, 5) is 12.3. The molecule has 5 rings (SSSR count). The lowest BCUT2D eigenvalue weighted by molar-refractivity contribution is 0.171. The second-order valence-electron chi connectivity index (χ2n) is 7.81. The molecule has 0 saturated heterocycles. The summed E-state index contributed by atoms with van der Waals surface area (Å²) >= 11 is 0. The summed E-state index contributed by atoms with van der Waals surface area (Å²) in [7, 11) is 1.90. The average molecular weight is 404 g/mol. The van der Waals surface area contributed by atoms with Crippen molar-refractivity contribution in [1.29, 1.82) is 0 Å². The number of anilines is 1. The summed E-state index contributed by atoms with van der Waals surface area (Å²) in [5.41, 5.74) is 3.68. The Balaban J connectivity index is 1.50. The molecule has 4 aromatic rings. The molecule has 4 heterocycles. The minimum absolute atomic E-state index is 0.0483. The van der Waals surface area contributed by atoms with E-state index in [1.165, 1.54) is 0 Å². The standard InChI is InChI=1S/C22H24N6O2/c1-13(2)20(14-4-5-18-19(10-14)30-9-8-29-18)26-22-15-11-17(16-6-7-28(3)27-16)25-21(15)23-12-24-22/h4-7,10-13,20H,8-9H2,1-3H3,(H2,23,24,25,26)/t20-/m1/s1. The van der Waals surface area contributed by atoms with Crippen molar-refractivity contribution in [3.05, 3.63) is 48.4 Å². The van der Waals surface area contributed by atoms with Crippen LogP contribution in [0.1, 0.15) is 25.5 Å². The Morgan fingerprint density at radius 2 is 1.90 bits per heavy atom. The molecule has 0 aliphatic carbocycles. The molecule has 1 aliphatic rings. The van der Waals surface area contributed by atoms with Crippen molar-refractivity contribution in [3.63, 3.8) is 0 Å². The summed E-state index contributed by atoms with van der Waals surface area (Å²) in [6, 6.07) is 10.2. The van der Waals surface area contributed by atoms with Gasteiger partial charge in [0.2, 0.25) is 0 Å². The van der Waals surface area contributed by atoms with Crippen molar-refractivity contribution in [2.75, 3.05) is 18.5 Å². The number of aromatic amines is 1. The van der Waals surface area contributed by atoms with Crippen LogP contribution in [0.15, 0.2) is 42.9 Å². The molecule has 1 aromatic carbocycles. The molecule has 0 fully saturated rings. The number of aromatic nitrogens is 5. The maximum atomic E-state index is 5.78. The predicted molar refractivity (Wildman–Crippen MR) is 115 cm³/mol. The molecule has 0 radical (unpaired) electrons. The molecule has 30 heavy (non-hydrogen) atoms. The number of fused-ring (bicyclic) bond motifs is 2. The van der Waals surface area contributed by atoms with Crippen molar-refractivity contribution in [3.8, 4) is 22.9 Å². The van der Waals surface area contributed by atoms with Gasteiger partial charge in [0.05, 0.1) is 17.1 Å². The van der Waals surface area contributed by atoms with E-state index in [-0.39, 0.29) is 6.04 Å². The zero-order valence-corrected chi connectivity index (χ0v) is 17.2. The van der Waals surface area contributed by atoms with Crippen molar-refractivity contribution in [2.45, 2.75) is 19.9 Å². The smallest absolute Gasteiger partial charge is 0.161 e. The topological polar surface area (TPSA) is 89.9 Å². The van der Waals surface area contributed by atoms with Crippen molar-refractivity contribution in [2.24, 2.45) is 13.0 Å². The molecule has 0 unspecified atom stereocenters. The van der Waals surface area contributed by atoms with E-state index >= 15 is 0 Å². The maximum Gasteiger partial charge on any atom is 0.161 e. The van der Waals surface area contributed by atoms with Gasteiger partial charge in [0, 0.05) is 13.2 Å². The van der Waals surface area contributed by atoms with Crippen LogP contribution in [0.4, 0.5) is 5.82 Å². The number of ether oxygens (including phenoxy) is 2. The molecule has 0 amide bonds. The molecule has 8 nitrogen and oxygen atoms in total. The Morgan fingerprint density at radius 1 is 1.07 bits per heavy atom. The van der Waals surface area contributed by atoms with Crippen LogP contribution < -0.4 is 14.8 Å². The van der Waals surface area contributed by atoms with Crippen molar-refractivity contribution in [1.82, 2.24) is 24.7 Å². The number of nitrogens with zero attached hydrogens (tertiary/aromatic N) is 4. The first-order chi connectivity index (χ1) is 14.6. The van der Waals surface area contributed by atoms with E-state index < -0.39 is 0 Å². The van der Waals surface area contributed by atoms with Crippen LogP contribution in [0.2, 0.25) is 0 Å². The first-order valence-electron chi connectivity index (χ1n) is 10.1. The molecule has 8 heteroatoms. The molecule has 3 aromatic heterocycles. The first kappa shape index (κ1) is 18.5. The van der Waals surface area contributed by atoms with E-state index in [4.69, 9.17) is 9.47 Å². The van der Waals surface area contributed by atoms with E-state index in [1.807, 2.05) is 31.4 Å². The fourth-order valence-electron chi connectivity index (χ4n) is 3.79. The highest BCUT2D eigenvalue weighted by Crippen LogP contribution is 2.36. The van der Waals surface area contributed by atoms with Gasteiger partial charge >= 0.3 is 0 Å². The summed E-state index contributed by atoms with van der Waals surface area (Å²) in [6.07, 6.45) is 3.49. The fourth-order valence-corrected chi connectivity index (χ4v) is 3.79. The normalized spacial score (nSPS) is 14.3. The van der Waals surface area contributed by atoms with Crippen molar-refractivity contribution < 1.29 is 9.47 Å². The van der Waals surface area contributed by atoms with E-state index in [2.05, 4.69) is 51.3 Å². The monoisotopic (exact) mass is 404 g/mol. The minimum Gasteiger partial charge on any atom is -0.486 e. The highest BCUT2D eigenvalue weighted by atomic mass is 16.6. The van der Waals surface area contributed by atoms with Gasteiger partial charge in [0.1, 0.15) is 36.7 Å². The van der Waals surface area contributed by atoms with Gasteiger partial charge in [0.25, 0.3) is 0 Å². The lowest BCUT2D eigenvalue weighted by Crippen LogP contribution is -2.19. The molecule has 154 valence electrons. The van der Waals surface area contributed by atoms with Crippen LogP contribution in [-0.2, 0) is 7.05 Å². The molecule has 0 spiro atoms. The van der Waals surface area contributed by atoms with E-state index in [9.17, 15) is 0 Å². The van der Waals surface area contributed by atoms with Crippen molar-refractivity contribution >= 4 is 16.9 Å². The number of aryl methyl sites for hydroxylation is 1. The zero-order valence-electron chi connectivity index (χ0n) is 17.2. The molecule has 1 atom stereocenters. The lowest BCUT2D eigenvalue weighted by atomic mass is 9.95. The van der Waals surface area contributed by atoms with Gasteiger partial charge in [-0.25, -0.2) is 9.97 Å². The Morgan fingerprint density at radius 3 is 2.67 bits per heavy atom. The number of rotatable bonds is 5. The van der Waals surface area contributed by atoms with Gasteiger partial charge < -0.3 is 19.8 Å². The Hall–Kier alpha value is -3.55. The average Bonchev–Trinajstić information content (AvgIpc) is 3.38. The molecule has 0 bridgehead atoms. The van der Waals surface area contributed by atoms with Crippen LogP contribution in [-0.4, -0.2) is 37.9 Å². The maximum absolute atomic E-state index is 5.78. The quantitative estimate of drug-likeness (QED) is 0.524. The molecular weight excluding hydrogens is 380 g/mol. The third-order valence-electron chi connectivity index (χ3n) is 5.30. The van der Waals surface area contributed by atoms with Gasteiger partial charge in [-0.1, -0.05) is 19.9 Å². The summed E-state index contributed by atoms with van der Waals surface area (Å²) in [5, 5.41) is 9.03. The number of benzene rings is 1. The molecular formula is C22H24N6O2. The van der Waals surface area contributed by atoms with Crippen LogP contribution in [0.3, 0.4) is 0 Å². The minimum atomic E-state index is 0.0483. The third-order valence-corrected chi connectivity index (χ3v) is 5.30. The SMILES string of the molecule is CC(C)[C@@H](Nc1ncnc2[nH]c(-c3ccn(C)n3)cc12)c1ccc2c(c1)OCCO2. The second kappa shape index (κ2) is 7.37. The summed E-state index contributed by atoms with van der Waals surface area (Å²) in [6.45, 7) is 5.53. The Bertz CT molecular complexity index is 1200. The zero-order chi connectivity index (χ0) is 20.7. The molecule has 1 aliphatic heterocycles. The highest BCUT2D eigenvalue weighted by molar-refractivity contribution is 5.91. The summed E-state index contributed by atoms with van der Waals surface area (Å²) in [5.74, 6) is 2.69. The number of H-pyrrole nitrogens is 1. The summed E-state index contributed by atoms with van der Waals surface area (Å²) < 4.78 is 13.2. The lowest BCUT2D eigenvalue weighted by Gasteiger charge is -2.26. The van der Waals surface area contributed by atoms with E-state index in [0.717, 1.165) is 45.3 Å². The second-order valence-corrected chi connectivity index (χ2v) is 7.81. The number of hydrogen-bond acceptors (Lipinski definition) is 6. The van der Waals surface area contributed by atoms with Gasteiger partial charge in [-0.15, -0.1) is 0 Å². The first-order valence-corrected chi connectivity index (χ1v) is 10.1. The number of nitrogens with one attached hydrogen (secondary N) is 2. The van der Waals surface area contributed by atoms with Gasteiger partial charge in [-0.05, 0) is 35.7 Å². The van der Waals surface area contributed by atoms with Crippen LogP contribution >= 0.6 is 0 Å². The van der Waals surface area contributed by atoms with Gasteiger partial charge in [0.15, 0.2) is 11.5 Å². The highest BCUT2D eigenvalue weighted by Gasteiger charge is 2.21. The van der Waals surface area contributed by atoms with E-state index in [1.54, 1.807) is 11.0 Å². The fraction of sp³-hybridized carbons (Fsp3) is 0.318. The van der Waals surface area contributed by atoms with E-state index in [0.29, 0.717) is 19.1 Å². The van der Waals surface area contributed by atoms with Gasteiger partial charge in [-0.3, -0.25) is 4.68 Å². The molecule has 2 N–H and O–H groups in total. The van der Waals surface area contributed by atoms with Gasteiger partial charge in [-0.2, -0.15) is 5.10 Å². The van der Waals surface area contributed by atoms with Crippen LogP contribution in [0, 0.1) is 5.92 Å². The van der Waals surface area contributed by atoms with Crippen LogP contribution in [0.5, 0.6) is 11.5 Å². The number of hydrogen-bond donors (Lipinski definition) is 2. The molecule has 0 saturated carbocycles. The Kier molecular flexibility index (Phi) is 4.54. The third kappa shape index (κ3) is 3.34. The Labute approximate surface area is 174 Å². The predicted octanol–water partition coefficient (Wildman–Crippen LogP) is 3.94. The van der Waals surface area contributed by atoms with Crippen LogP contribution in [0.25, 0.3) is 22.4 Å².